The first-order valence-corrected chi connectivity index (χ1v) is 7.05. The van der Waals surface area contributed by atoms with Crippen LogP contribution < -0.4 is 14.8 Å². The Balaban J connectivity index is 1.78. The van der Waals surface area contributed by atoms with Gasteiger partial charge in [-0.05, 0) is 38.5 Å². The van der Waals surface area contributed by atoms with Crippen molar-refractivity contribution in [3.05, 3.63) is 42.2 Å². The van der Waals surface area contributed by atoms with Crippen LogP contribution in [-0.4, -0.2) is 29.2 Å². The zero-order valence-electron chi connectivity index (χ0n) is 12.7. The lowest BCUT2D eigenvalue weighted by Crippen LogP contribution is -2.13. The smallest absolute Gasteiger partial charge is 0.218 e. The maximum absolute atomic E-state index is 5.67. The third-order valence-corrected chi connectivity index (χ3v) is 2.66. The van der Waals surface area contributed by atoms with Gasteiger partial charge in [-0.2, -0.15) is 0 Å². The number of aryl methyl sites for hydroxylation is 1. The van der Waals surface area contributed by atoms with Gasteiger partial charge in [-0.25, -0.2) is 9.97 Å². The van der Waals surface area contributed by atoms with Gasteiger partial charge in [0.15, 0.2) is 0 Å². The molecule has 1 aromatic carbocycles. The van der Waals surface area contributed by atoms with Gasteiger partial charge in [-0.15, -0.1) is 0 Å². The molecule has 0 saturated heterocycles. The van der Waals surface area contributed by atoms with Crippen LogP contribution in [0.1, 0.15) is 19.4 Å². The zero-order chi connectivity index (χ0) is 15.1. The number of benzene rings is 1. The molecule has 1 aromatic heterocycles. The Hall–Kier alpha value is -2.30. The topological polar surface area (TPSA) is 56.3 Å². The first kappa shape index (κ1) is 15.1. The Morgan fingerprint density at radius 3 is 2.81 bits per heavy atom. The van der Waals surface area contributed by atoms with Gasteiger partial charge in [0.1, 0.15) is 24.5 Å². The molecule has 0 saturated carbocycles. The molecule has 1 heterocycles. The van der Waals surface area contributed by atoms with E-state index < -0.39 is 0 Å². The van der Waals surface area contributed by atoms with Crippen molar-refractivity contribution in [2.24, 2.45) is 0 Å². The van der Waals surface area contributed by atoms with Gasteiger partial charge in [0.2, 0.25) is 5.88 Å². The van der Waals surface area contributed by atoms with Crippen molar-refractivity contribution in [2.75, 3.05) is 18.5 Å². The summed E-state index contributed by atoms with van der Waals surface area (Å²) in [6.07, 6.45) is 1.58. The predicted molar refractivity (Wildman–Crippen MR) is 83.0 cm³/mol. The SMILES string of the molecule is Cc1cccc(OCCNc2cc(OC(C)C)ncn2)c1. The molecule has 0 unspecified atom stereocenters. The van der Waals surface area contributed by atoms with Crippen molar-refractivity contribution in [2.45, 2.75) is 26.9 Å². The maximum atomic E-state index is 5.67. The minimum Gasteiger partial charge on any atom is -0.492 e. The fourth-order valence-electron chi connectivity index (χ4n) is 1.80. The third kappa shape index (κ3) is 5.30. The first-order valence-electron chi connectivity index (χ1n) is 7.05. The molecule has 0 aliphatic heterocycles. The van der Waals surface area contributed by atoms with Crippen LogP contribution >= 0.6 is 0 Å². The summed E-state index contributed by atoms with van der Waals surface area (Å²) in [7, 11) is 0. The van der Waals surface area contributed by atoms with Gasteiger partial charge in [0.05, 0.1) is 12.6 Å². The van der Waals surface area contributed by atoms with E-state index in [0.29, 0.717) is 19.0 Å². The number of ether oxygens (including phenoxy) is 2. The average molecular weight is 287 g/mol. The largest absolute Gasteiger partial charge is 0.492 e. The highest BCUT2D eigenvalue weighted by atomic mass is 16.5. The standard InChI is InChI=1S/C16H21N3O2/c1-12(2)21-16-10-15(18-11-19-16)17-7-8-20-14-6-4-5-13(3)9-14/h4-6,9-12H,7-8H2,1-3H3,(H,17,18,19). The summed E-state index contributed by atoms with van der Waals surface area (Å²) < 4.78 is 11.2. The predicted octanol–water partition coefficient (Wildman–Crippen LogP) is 3.06. The van der Waals surface area contributed by atoms with Crippen LogP contribution in [0.2, 0.25) is 0 Å². The van der Waals surface area contributed by atoms with E-state index in [1.165, 1.54) is 11.9 Å². The van der Waals surface area contributed by atoms with E-state index in [1.807, 2.05) is 45.0 Å². The molecule has 0 spiro atoms. The summed E-state index contributed by atoms with van der Waals surface area (Å²) in [5, 5.41) is 3.19. The van der Waals surface area contributed by atoms with Gasteiger partial charge in [0.25, 0.3) is 0 Å². The van der Waals surface area contributed by atoms with Gasteiger partial charge >= 0.3 is 0 Å². The number of nitrogens with zero attached hydrogens (tertiary/aromatic N) is 2. The molecule has 2 aromatic rings. The molecule has 0 amide bonds. The van der Waals surface area contributed by atoms with Crippen LogP contribution in [-0.2, 0) is 0 Å². The number of rotatable bonds is 7. The van der Waals surface area contributed by atoms with Crippen molar-refractivity contribution in [1.82, 2.24) is 9.97 Å². The zero-order valence-corrected chi connectivity index (χ0v) is 12.7. The second-order valence-electron chi connectivity index (χ2n) is 5.00. The van der Waals surface area contributed by atoms with E-state index in [4.69, 9.17) is 9.47 Å². The highest BCUT2D eigenvalue weighted by Gasteiger charge is 2.02. The molecule has 0 fully saturated rings. The van der Waals surface area contributed by atoms with E-state index in [-0.39, 0.29) is 6.10 Å². The Labute approximate surface area is 125 Å². The highest BCUT2D eigenvalue weighted by molar-refractivity contribution is 5.37. The molecule has 1 N–H and O–H groups in total. The number of hydrogen-bond acceptors (Lipinski definition) is 5. The number of hydrogen-bond donors (Lipinski definition) is 1. The lowest BCUT2D eigenvalue weighted by molar-refractivity contribution is 0.232. The molecule has 5 nitrogen and oxygen atoms in total. The van der Waals surface area contributed by atoms with E-state index in [0.717, 1.165) is 11.6 Å². The molecule has 0 atom stereocenters. The fraction of sp³-hybridized carbons (Fsp3) is 0.375. The number of aromatic nitrogens is 2. The van der Waals surface area contributed by atoms with Gasteiger partial charge in [0, 0.05) is 6.07 Å². The molecular weight excluding hydrogens is 266 g/mol. The van der Waals surface area contributed by atoms with Crippen LogP contribution in [0.5, 0.6) is 11.6 Å². The molecular formula is C16H21N3O2. The highest BCUT2D eigenvalue weighted by Crippen LogP contribution is 2.13. The summed E-state index contributed by atoms with van der Waals surface area (Å²) in [6.45, 7) is 7.19. The Morgan fingerprint density at radius 2 is 2.05 bits per heavy atom. The molecule has 2 rings (SSSR count). The van der Waals surface area contributed by atoms with E-state index in [2.05, 4.69) is 15.3 Å². The van der Waals surface area contributed by atoms with E-state index in [9.17, 15) is 0 Å². The molecule has 0 aliphatic rings. The quantitative estimate of drug-likeness (QED) is 0.793. The van der Waals surface area contributed by atoms with Crippen LogP contribution in [0.25, 0.3) is 0 Å². The minimum absolute atomic E-state index is 0.0948. The minimum atomic E-state index is 0.0948. The third-order valence-electron chi connectivity index (χ3n) is 2.66. The monoisotopic (exact) mass is 287 g/mol. The van der Waals surface area contributed by atoms with E-state index in [1.54, 1.807) is 6.07 Å². The normalized spacial score (nSPS) is 10.5. The van der Waals surface area contributed by atoms with Crippen molar-refractivity contribution < 1.29 is 9.47 Å². The summed E-state index contributed by atoms with van der Waals surface area (Å²) in [5.41, 5.74) is 1.19. The summed E-state index contributed by atoms with van der Waals surface area (Å²) in [4.78, 5) is 8.21. The number of nitrogens with one attached hydrogen (secondary N) is 1. The number of anilines is 1. The van der Waals surface area contributed by atoms with Crippen molar-refractivity contribution in [3.63, 3.8) is 0 Å². The maximum Gasteiger partial charge on any atom is 0.218 e. The fourth-order valence-corrected chi connectivity index (χ4v) is 1.80. The molecule has 112 valence electrons. The lowest BCUT2D eigenvalue weighted by atomic mass is 10.2. The van der Waals surface area contributed by atoms with Crippen molar-refractivity contribution in [1.29, 1.82) is 0 Å². The Bertz CT molecular complexity index is 573. The van der Waals surface area contributed by atoms with Crippen LogP contribution in [0.15, 0.2) is 36.7 Å². The van der Waals surface area contributed by atoms with Crippen molar-refractivity contribution in [3.8, 4) is 11.6 Å². The van der Waals surface area contributed by atoms with Gasteiger partial charge in [-0.3, -0.25) is 0 Å². The molecule has 5 heteroatoms. The summed E-state index contributed by atoms with van der Waals surface area (Å²) >= 11 is 0. The van der Waals surface area contributed by atoms with Gasteiger partial charge < -0.3 is 14.8 Å². The molecule has 21 heavy (non-hydrogen) atoms. The lowest BCUT2D eigenvalue weighted by Gasteiger charge is -2.11. The van der Waals surface area contributed by atoms with Crippen molar-refractivity contribution >= 4 is 5.82 Å². The first-order chi connectivity index (χ1) is 10.1. The summed E-state index contributed by atoms with van der Waals surface area (Å²) in [6, 6.07) is 9.78. The van der Waals surface area contributed by atoms with Gasteiger partial charge in [-0.1, -0.05) is 12.1 Å². The Kier molecular flexibility index (Phi) is 5.37. The van der Waals surface area contributed by atoms with Crippen LogP contribution in [0.4, 0.5) is 5.82 Å². The second kappa shape index (κ2) is 7.47. The molecule has 0 aliphatic carbocycles. The Morgan fingerprint density at radius 1 is 1.19 bits per heavy atom. The van der Waals surface area contributed by atoms with Crippen LogP contribution in [0, 0.1) is 6.92 Å². The average Bonchev–Trinajstić information content (AvgIpc) is 2.43. The molecule has 0 radical (unpaired) electrons. The molecule has 0 bridgehead atoms. The van der Waals surface area contributed by atoms with E-state index >= 15 is 0 Å². The summed E-state index contributed by atoms with van der Waals surface area (Å²) in [5.74, 6) is 2.18. The second-order valence-corrected chi connectivity index (χ2v) is 5.00. The van der Waals surface area contributed by atoms with Crippen LogP contribution in [0.3, 0.4) is 0 Å².